The van der Waals surface area contributed by atoms with Crippen molar-refractivity contribution < 1.29 is 58.2 Å². The summed E-state index contributed by atoms with van der Waals surface area (Å²) in [6.07, 6.45) is 37.7. The van der Waals surface area contributed by atoms with Crippen LogP contribution < -0.4 is 0 Å². The third-order valence-electron chi connectivity index (χ3n) is 13.3. The second kappa shape index (κ2) is 46.5. The lowest BCUT2D eigenvalue weighted by molar-refractivity contribution is -0.301. The topological polar surface area (TPSA) is 175 Å². The lowest BCUT2D eigenvalue weighted by Gasteiger charge is -2.40. The number of hydrogen-bond acceptors (Lipinski definition) is 11. The van der Waals surface area contributed by atoms with Crippen LogP contribution in [0.15, 0.2) is 12.2 Å². The summed E-state index contributed by atoms with van der Waals surface area (Å²) >= 11 is 0. The zero-order valence-electron chi connectivity index (χ0n) is 44.3. The number of carbonyl (C=O) groups is 4. The summed E-state index contributed by atoms with van der Waals surface area (Å²) in [6.45, 7) is 5.97. The number of aliphatic carboxylic acids is 1. The van der Waals surface area contributed by atoms with Crippen molar-refractivity contribution in [1.29, 1.82) is 0 Å². The highest BCUT2D eigenvalue weighted by atomic mass is 16.7. The average Bonchev–Trinajstić information content (AvgIpc) is 3.33. The summed E-state index contributed by atoms with van der Waals surface area (Å²) in [7, 11) is 0. The first-order valence-corrected chi connectivity index (χ1v) is 28.7. The molecule has 0 aromatic rings. The number of aliphatic hydroxyl groups excluding tert-OH is 2. The number of esters is 3. The third-order valence-corrected chi connectivity index (χ3v) is 13.3. The van der Waals surface area contributed by atoms with Gasteiger partial charge in [0.2, 0.25) is 0 Å². The summed E-state index contributed by atoms with van der Waals surface area (Å²) in [5.74, 6) is -3.10. The van der Waals surface area contributed by atoms with Gasteiger partial charge in [-0.05, 0) is 44.9 Å². The van der Waals surface area contributed by atoms with Crippen molar-refractivity contribution >= 4 is 23.9 Å². The molecule has 1 rings (SSSR count). The van der Waals surface area contributed by atoms with Gasteiger partial charge < -0.3 is 39.0 Å². The monoisotopic (exact) mass is 981 g/mol. The molecule has 0 radical (unpaired) electrons. The first kappa shape index (κ1) is 64.5. The predicted octanol–water partition coefficient (Wildman–Crippen LogP) is 14.1. The van der Waals surface area contributed by atoms with Crippen LogP contribution in [-0.2, 0) is 42.9 Å². The number of ether oxygens (including phenoxy) is 5. The molecule has 12 nitrogen and oxygen atoms in total. The van der Waals surface area contributed by atoms with Crippen LogP contribution in [0.3, 0.4) is 0 Å². The molecular formula is C57H104O12. The molecule has 1 heterocycles. The zero-order chi connectivity index (χ0) is 50.4. The van der Waals surface area contributed by atoms with E-state index in [0.29, 0.717) is 19.3 Å². The van der Waals surface area contributed by atoms with E-state index in [0.717, 1.165) is 83.5 Å². The summed E-state index contributed by atoms with van der Waals surface area (Å²) in [5.41, 5.74) is 0. The Labute approximate surface area is 420 Å². The number of hydrogen-bond donors (Lipinski definition) is 3. The molecule has 0 aliphatic carbocycles. The first-order chi connectivity index (χ1) is 33.6. The molecule has 1 aliphatic rings. The fraction of sp³-hybridized carbons (Fsp3) is 0.895. The highest BCUT2D eigenvalue weighted by Crippen LogP contribution is 2.26. The van der Waals surface area contributed by atoms with Gasteiger partial charge in [-0.25, -0.2) is 4.79 Å². The Hall–Kier alpha value is -2.54. The van der Waals surface area contributed by atoms with E-state index in [4.69, 9.17) is 23.7 Å². The summed E-state index contributed by atoms with van der Waals surface area (Å²) in [4.78, 5) is 50.9. The second-order valence-corrected chi connectivity index (χ2v) is 19.9. The highest BCUT2D eigenvalue weighted by molar-refractivity contribution is 5.74. The Morgan fingerprint density at radius 3 is 1.23 bits per heavy atom. The van der Waals surface area contributed by atoms with Crippen LogP contribution in [-0.4, -0.2) is 89.2 Å². The fourth-order valence-electron chi connectivity index (χ4n) is 8.89. The van der Waals surface area contributed by atoms with Crippen molar-refractivity contribution in [2.45, 2.75) is 314 Å². The van der Waals surface area contributed by atoms with E-state index in [-0.39, 0.29) is 25.9 Å². The molecule has 69 heavy (non-hydrogen) atoms. The fourth-order valence-corrected chi connectivity index (χ4v) is 8.89. The van der Waals surface area contributed by atoms with Gasteiger partial charge in [-0.3, -0.25) is 14.4 Å². The molecule has 1 aliphatic heterocycles. The molecule has 6 atom stereocenters. The van der Waals surface area contributed by atoms with Gasteiger partial charge in [0.25, 0.3) is 0 Å². The van der Waals surface area contributed by atoms with Gasteiger partial charge in [-0.1, -0.05) is 226 Å². The van der Waals surface area contributed by atoms with Gasteiger partial charge >= 0.3 is 23.9 Å². The SMILES string of the molecule is CCCCCCCC/C=C\CCCCCCCC(=O)OCC(COC1OC(C(=O)O)C(O)C(O)C1OC(=O)CCCCCCCCCCC)OC(=O)CCCCCCCCCCCCCCCCC. The predicted molar refractivity (Wildman–Crippen MR) is 276 cm³/mol. The van der Waals surface area contributed by atoms with Crippen molar-refractivity contribution in [3.05, 3.63) is 12.2 Å². The Morgan fingerprint density at radius 1 is 0.464 bits per heavy atom. The quantitative estimate of drug-likeness (QED) is 0.0228. The molecular weight excluding hydrogens is 877 g/mol. The number of unbranched alkanes of at least 4 members (excludes halogenated alkanes) is 33. The molecule has 0 bridgehead atoms. The molecule has 1 fully saturated rings. The van der Waals surface area contributed by atoms with E-state index in [2.05, 4.69) is 32.9 Å². The minimum absolute atomic E-state index is 0.0659. The average molecular weight is 981 g/mol. The van der Waals surface area contributed by atoms with E-state index in [1.165, 1.54) is 135 Å². The third kappa shape index (κ3) is 37.0. The van der Waals surface area contributed by atoms with Crippen LogP contribution in [0.5, 0.6) is 0 Å². The molecule has 12 heteroatoms. The molecule has 1 saturated heterocycles. The molecule has 3 N–H and O–H groups in total. The van der Waals surface area contributed by atoms with Crippen LogP contribution >= 0.6 is 0 Å². The molecule has 0 amide bonds. The summed E-state index contributed by atoms with van der Waals surface area (Å²) in [6, 6.07) is 0. The standard InChI is InChI=1S/C57H104O12/c1-4-7-10-13-16-19-21-23-25-27-29-32-34-37-40-43-49(58)65-46-48(67-50(59)44-41-38-36-33-30-28-26-24-22-20-17-14-11-8-5-2)47-66-57-55(53(62)52(61)54(69-57)56(63)64)68-51(60)45-42-39-35-31-18-15-12-9-6-3/h23,25,48,52-55,57,61-62H,4-22,24,26-47H2,1-3H3,(H,63,64)/b25-23-. The van der Waals surface area contributed by atoms with Gasteiger partial charge in [0, 0.05) is 19.3 Å². The smallest absolute Gasteiger partial charge is 0.335 e. The van der Waals surface area contributed by atoms with Gasteiger partial charge in [-0.2, -0.15) is 0 Å². The van der Waals surface area contributed by atoms with Crippen LogP contribution in [0.4, 0.5) is 0 Å². The number of carboxylic acid groups (broad SMARTS) is 1. The minimum atomic E-state index is -1.89. The molecule has 404 valence electrons. The van der Waals surface area contributed by atoms with Crippen LogP contribution in [0.25, 0.3) is 0 Å². The molecule has 6 unspecified atom stereocenters. The Kier molecular flexibility index (Phi) is 43.5. The van der Waals surface area contributed by atoms with E-state index < -0.39 is 67.3 Å². The van der Waals surface area contributed by atoms with Gasteiger partial charge in [-0.15, -0.1) is 0 Å². The second-order valence-electron chi connectivity index (χ2n) is 19.9. The number of carboxylic acids is 1. The van der Waals surface area contributed by atoms with Crippen molar-refractivity contribution in [3.8, 4) is 0 Å². The summed E-state index contributed by atoms with van der Waals surface area (Å²) in [5, 5.41) is 31.3. The number of rotatable bonds is 49. The maximum absolute atomic E-state index is 13.1. The van der Waals surface area contributed by atoms with Crippen LogP contribution in [0.1, 0.15) is 278 Å². The van der Waals surface area contributed by atoms with Gasteiger partial charge in [0.05, 0.1) is 6.61 Å². The highest BCUT2D eigenvalue weighted by Gasteiger charge is 2.50. The van der Waals surface area contributed by atoms with Gasteiger partial charge in [0.15, 0.2) is 24.6 Å². The number of carbonyl (C=O) groups excluding carboxylic acids is 3. The van der Waals surface area contributed by atoms with Crippen molar-refractivity contribution in [2.75, 3.05) is 13.2 Å². The van der Waals surface area contributed by atoms with Gasteiger partial charge in [0.1, 0.15) is 18.8 Å². The van der Waals surface area contributed by atoms with Crippen LogP contribution in [0, 0.1) is 0 Å². The zero-order valence-corrected chi connectivity index (χ0v) is 44.3. The molecule has 0 aromatic carbocycles. The molecule has 0 spiro atoms. The van der Waals surface area contributed by atoms with Crippen molar-refractivity contribution in [2.24, 2.45) is 0 Å². The van der Waals surface area contributed by atoms with E-state index in [9.17, 15) is 34.5 Å². The van der Waals surface area contributed by atoms with E-state index in [1.54, 1.807) is 0 Å². The first-order valence-electron chi connectivity index (χ1n) is 28.7. The van der Waals surface area contributed by atoms with Crippen LogP contribution in [0.2, 0.25) is 0 Å². The Morgan fingerprint density at radius 2 is 0.826 bits per heavy atom. The lowest BCUT2D eigenvalue weighted by atomic mass is 9.98. The van der Waals surface area contributed by atoms with E-state index in [1.807, 2.05) is 0 Å². The maximum atomic E-state index is 13.1. The Bertz CT molecular complexity index is 1260. The maximum Gasteiger partial charge on any atom is 0.335 e. The lowest BCUT2D eigenvalue weighted by Crippen LogP contribution is -2.61. The number of allylic oxidation sites excluding steroid dienone is 2. The Balaban J connectivity index is 2.68. The minimum Gasteiger partial charge on any atom is -0.479 e. The van der Waals surface area contributed by atoms with Crippen molar-refractivity contribution in [3.63, 3.8) is 0 Å². The molecule has 0 saturated carbocycles. The number of aliphatic hydroxyl groups is 2. The largest absolute Gasteiger partial charge is 0.479 e. The normalized spacial score (nSPS) is 18.7. The van der Waals surface area contributed by atoms with Crippen molar-refractivity contribution in [1.82, 2.24) is 0 Å². The van der Waals surface area contributed by atoms with E-state index >= 15 is 0 Å². The summed E-state index contributed by atoms with van der Waals surface area (Å²) < 4.78 is 28.3. The molecule has 0 aromatic heterocycles.